The molecule has 6 heteroatoms. The molecule has 0 amide bonds. The van der Waals surface area contributed by atoms with E-state index in [0.29, 0.717) is 25.1 Å². The molecule has 1 rings (SSSR count). The highest BCUT2D eigenvalue weighted by molar-refractivity contribution is 7.89. The summed E-state index contributed by atoms with van der Waals surface area (Å²) in [6.07, 6.45) is 1.43. The maximum Gasteiger partial charge on any atom is 0.240 e. The summed E-state index contributed by atoms with van der Waals surface area (Å²) in [6.45, 7) is 2.49. The second kappa shape index (κ2) is 6.09. The van der Waals surface area contributed by atoms with Crippen LogP contribution >= 0.6 is 0 Å². The summed E-state index contributed by atoms with van der Waals surface area (Å²) in [5.74, 6) is -0.549. The fraction of sp³-hybridized carbons (Fsp3) is 0.455. The third-order valence-corrected chi connectivity index (χ3v) is 3.69. The molecule has 0 heterocycles. The minimum Gasteiger partial charge on any atom is -0.330 e. The van der Waals surface area contributed by atoms with Crippen LogP contribution in [-0.2, 0) is 10.0 Å². The molecule has 0 aliphatic carbocycles. The van der Waals surface area contributed by atoms with Crippen molar-refractivity contribution in [1.29, 1.82) is 0 Å². The van der Waals surface area contributed by atoms with E-state index in [4.69, 9.17) is 5.73 Å². The molecular formula is C11H17FN2O2S. The third-order valence-electron chi connectivity index (χ3n) is 2.25. The highest BCUT2D eigenvalue weighted by Gasteiger charge is 2.14. The summed E-state index contributed by atoms with van der Waals surface area (Å²) in [6, 6.07) is 3.74. The molecule has 3 N–H and O–H groups in total. The van der Waals surface area contributed by atoms with Crippen LogP contribution in [0.25, 0.3) is 0 Å². The number of halogens is 1. The standard InChI is InChI=1S/C11H17FN2O2S/c1-9-6-10(12)8-11(7-9)17(15,16)14-5-3-2-4-13/h6-8,14H,2-5,13H2,1H3. The second-order valence-corrected chi connectivity index (χ2v) is 5.62. The topological polar surface area (TPSA) is 72.2 Å². The zero-order chi connectivity index (χ0) is 12.9. The number of hydrogen-bond acceptors (Lipinski definition) is 3. The number of sulfonamides is 1. The van der Waals surface area contributed by atoms with E-state index < -0.39 is 15.8 Å². The van der Waals surface area contributed by atoms with Crippen LogP contribution in [0.1, 0.15) is 18.4 Å². The first-order valence-electron chi connectivity index (χ1n) is 5.42. The predicted octanol–water partition coefficient (Wildman–Crippen LogP) is 1.15. The van der Waals surface area contributed by atoms with Crippen molar-refractivity contribution in [3.05, 3.63) is 29.6 Å². The van der Waals surface area contributed by atoms with Gasteiger partial charge in [0.2, 0.25) is 10.0 Å². The smallest absolute Gasteiger partial charge is 0.240 e. The average molecular weight is 260 g/mol. The molecule has 1 aromatic carbocycles. The lowest BCUT2D eigenvalue weighted by Gasteiger charge is -2.07. The number of aryl methyl sites for hydroxylation is 1. The minimum atomic E-state index is -3.62. The number of hydrogen-bond donors (Lipinski definition) is 2. The zero-order valence-electron chi connectivity index (χ0n) is 9.74. The van der Waals surface area contributed by atoms with Gasteiger partial charge < -0.3 is 5.73 Å². The molecule has 96 valence electrons. The van der Waals surface area contributed by atoms with E-state index in [9.17, 15) is 12.8 Å². The van der Waals surface area contributed by atoms with Gasteiger partial charge in [0, 0.05) is 6.54 Å². The van der Waals surface area contributed by atoms with Crippen molar-refractivity contribution in [2.24, 2.45) is 5.73 Å². The number of nitrogens with two attached hydrogens (primary N) is 1. The fourth-order valence-corrected chi connectivity index (χ4v) is 2.61. The Kier molecular flexibility index (Phi) is 5.04. The molecule has 0 atom stereocenters. The Hall–Kier alpha value is -0.980. The lowest BCUT2D eigenvalue weighted by molar-refractivity contribution is 0.573. The fourth-order valence-electron chi connectivity index (χ4n) is 1.42. The lowest BCUT2D eigenvalue weighted by Crippen LogP contribution is -2.25. The van der Waals surface area contributed by atoms with Crippen molar-refractivity contribution in [3.8, 4) is 0 Å². The molecule has 0 aliphatic heterocycles. The van der Waals surface area contributed by atoms with E-state index in [1.807, 2.05) is 0 Å². The Labute approximate surface area is 101 Å². The number of benzene rings is 1. The molecule has 0 fully saturated rings. The number of unbranched alkanes of at least 4 members (excludes halogenated alkanes) is 1. The monoisotopic (exact) mass is 260 g/mol. The summed E-state index contributed by atoms with van der Waals surface area (Å²) < 4.78 is 39.1. The minimum absolute atomic E-state index is 0.0391. The lowest BCUT2D eigenvalue weighted by atomic mass is 10.2. The van der Waals surface area contributed by atoms with Gasteiger partial charge in [-0.05, 0) is 50.1 Å². The first-order chi connectivity index (χ1) is 7.95. The molecule has 1 aromatic rings. The Morgan fingerprint density at radius 1 is 1.29 bits per heavy atom. The van der Waals surface area contributed by atoms with E-state index in [1.165, 1.54) is 12.1 Å². The van der Waals surface area contributed by atoms with E-state index in [2.05, 4.69) is 4.72 Å². The van der Waals surface area contributed by atoms with Gasteiger partial charge in [-0.25, -0.2) is 17.5 Å². The Bertz CT molecular complexity index is 454. The van der Waals surface area contributed by atoms with E-state index >= 15 is 0 Å². The van der Waals surface area contributed by atoms with Crippen molar-refractivity contribution in [2.75, 3.05) is 13.1 Å². The SMILES string of the molecule is Cc1cc(F)cc(S(=O)(=O)NCCCCN)c1. The largest absolute Gasteiger partial charge is 0.330 e. The van der Waals surface area contributed by atoms with E-state index in [0.717, 1.165) is 12.5 Å². The van der Waals surface area contributed by atoms with Crippen molar-refractivity contribution >= 4 is 10.0 Å². The van der Waals surface area contributed by atoms with Gasteiger partial charge in [0.05, 0.1) is 4.90 Å². The molecular weight excluding hydrogens is 243 g/mol. The van der Waals surface area contributed by atoms with Crippen molar-refractivity contribution in [1.82, 2.24) is 4.72 Å². The first-order valence-corrected chi connectivity index (χ1v) is 6.91. The zero-order valence-corrected chi connectivity index (χ0v) is 10.6. The average Bonchev–Trinajstić information content (AvgIpc) is 2.23. The molecule has 0 aliphatic rings. The van der Waals surface area contributed by atoms with Crippen LogP contribution in [0.3, 0.4) is 0 Å². The predicted molar refractivity (Wildman–Crippen MR) is 64.6 cm³/mol. The van der Waals surface area contributed by atoms with Gasteiger partial charge in [0.1, 0.15) is 5.82 Å². The van der Waals surface area contributed by atoms with Crippen molar-refractivity contribution < 1.29 is 12.8 Å². The van der Waals surface area contributed by atoms with Gasteiger partial charge in [0.25, 0.3) is 0 Å². The summed E-state index contributed by atoms with van der Waals surface area (Å²) in [7, 11) is -3.62. The summed E-state index contributed by atoms with van der Waals surface area (Å²) >= 11 is 0. The van der Waals surface area contributed by atoms with Gasteiger partial charge in [-0.15, -0.1) is 0 Å². The van der Waals surface area contributed by atoms with Gasteiger partial charge >= 0.3 is 0 Å². The Morgan fingerprint density at radius 2 is 2.00 bits per heavy atom. The highest BCUT2D eigenvalue weighted by atomic mass is 32.2. The van der Waals surface area contributed by atoms with Gasteiger partial charge in [-0.3, -0.25) is 0 Å². The summed E-state index contributed by atoms with van der Waals surface area (Å²) in [5, 5.41) is 0. The van der Waals surface area contributed by atoms with Gasteiger partial charge in [-0.2, -0.15) is 0 Å². The number of rotatable bonds is 6. The van der Waals surface area contributed by atoms with Crippen molar-refractivity contribution in [2.45, 2.75) is 24.7 Å². The maximum absolute atomic E-state index is 13.1. The molecule has 0 aromatic heterocycles. The van der Waals surface area contributed by atoms with Crippen LogP contribution in [0.2, 0.25) is 0 Å². The van der Waals surface area contributed by atoms with Crippen LogP contribution < -0.4 is 10.5 Å². The van der Waals surface area contributed by atoms with E-state index in [1.54, 1.807) is 6.92 Å². The van der Waals surface area contributed by atoms with Gasteiger partial charge in [-0.1, -0.05) is 0 Å². The molecule has 0 spiro atoms. The van der Waals surface area contributed by atoms with Crippen LogP contribution in [-0.4, -0.2) is 21.5 Å². The summed E-state index contributed by atoms with van der Waals surface area (Å²) in [4.78, 5) is -0.0391. The molecule has 0 radical (unpaired) electrons. The van der Waals surface area contributed by atoms with Crippen LogP contribution in [0.4, 0.5) is 4.39 Å². The quantitative estimate of drug-likeness (QED) is 0.754. The van der Waals surface area contributed by atoms with Crippen LogP contribution in [0.5, 0.6) is 0 Å². The number of nitrogens with one attached hydrogen (secondary N) is 1. The normalized spacial score (nSPS) is 11.7. The second-order valence-electron chi connectivity index (χ2n) is 3.86. The van der Waals surface area contributed by atoms with Crippen LogP contribution in [0.15, 0.2) is 23.1 Å². The highest BCUT2D eigenvalue weighted by Crippen LogP contribution is 2.13. The van der Waals surface area contributed by atoms with Crippen molar-refractivity contribution in [3.63, 3.8) is 0 Å². The third kappa shape index (κ3) is 4.41. The first kappa shape index (κ1) is 14.1. The molecule has 0 bridgehead atoms. The van der Waals surface area contributed by atoms with Crippen LogP contribution in [0, 0.1) is 12.7 Å². The van der Waals surface area contributed by atoms with E-state index in [-0.39, 0.29) is 4.90 Å². The molecule has 4 nitrogen and oxygen atoms in total. The maximum atomic E-state index is 13.1. The molecule has 0 unspecified atom stereocenters. The Morgan fingerprint density at radius 3 is 2.59 bits per heavy atom. The van der Waals surface area contributed by atoms with Gasteiger partial charge in [0.15, 0.2) is 0 Å². The molecule has 17 heavy (non-hydrogen) atoms. The summed E-state index contributed by atoms with van der Waals surface area (Å²) in [5.41, 5.74) is 5.88. The molecule has 0 saturated carbocycles. The molecule has 0 saturated heterocycles. The Balaban J connectivity index is 2.75.